The van der Waals surface area contributed by atoms with Gasteiger partial charge in [0.05, 0.1) is 10.5 Å². The van der Waals surface area contributed by atoms with Gasteiger partial charge in [0.2, 0.25) is 15.8 Å². The first-order valence-corrected chi connectivity index (χ1v) is 9.61. The minimum absolute atomic E-state index is 0.121. The third-order valence-corrected chi connectivity index (χ3v) is 5.76. The van der Waals surface area contributed by atoms with Crippen molar-refractivity contribution in [2.45, 2.75) is 11.3 Å². The van der Waals surface area contributed by atoms with Gasteiger partial charge < -0.3 is 10.6 Å². The van der Waals surface area contributed by atoms with Gasteiger partial charge in [0, 0.05) is 19.3 Å². The van der Waals surface area contributed by atoms with Crippen molar-refractivity contribution in [3.05, 3.63) is 64.6 Å². The van der Waals surface area contributed by atoms with Crippen molar-refractivity contribution in [3.8, 4) is 0 Å². The summed E-state index contributed by atoms with van der Waals surface area (Å²) in [5, 5.41) is 5.14. The summed E-state index contributed by atoms with van der Waals surface area (Å²) >= 11 is 0. The molecule has 0 atom stereocenters. The van der Waals surface area contributed by atoms with Crippen LogP contribution in [0.15, 0.2) is 52.4 Å². The normalized spacial score (nSPS) is 14.2. The van der Waals surface area contributed by atoms with Crippen LogP contribution in [0.5, 0.6) is 0 Å². The standard InChI is InChI=1S/C18H16FN3O4S/c19-16-7-6-13(11-22-16)17(23)20-8-3-9-21-18(24)15-10-12-4-1-2-5-14(12)27(15,25)26/h1-2,4-7,10-11H,3,8-9H2,(H,20,23)(H,21,24). The number of rotatable bonds is 6. The molecule has 140 valence electrons. The van der Waals surface area contributed by atoms with E-state index in [1.165, 1.54) is 18.2 Å². The van der Waals surface area contributed by atoms with E-state index in [9.17, 15) is 22.4 Å². The number of nitrogens with zero attached hydrogens (tertiary/aromatic N) is 1. The van der Waals surface area contributed by atoms with Crippen LogP contribution in [-0.4, -0.2) is 38.3 Å². The summed E-state index contributed by atoms with van der Waals surface area (Å²) < 4.78 is 37.4. The number of benzene rings is 1. The van der Waals surface area contributed by atoms with E-state index in [1.54, 1.807) is 18.2 Å². The largest absolute Gasteiger partial charge is 0.352 e. The number of carbonyl (C=O) groups excluding carboxylic acids is 2. The van der Waals surface area contributed by atoms with Gasteiger partial charge in [0.25, 0.3) is 11.8 Å². The Bertz CT molecular complexity index is 1020. The second-order valence-electron chi connectivity index (χ2n) is 5.78. The van der Waals surface area contributed by atoms with E-state index in [4.69, 9.17) is 0 Å². The fraction of sp³-hybridized carbons (Fsp3) is 0.167. The molecule has 1 aliphatic rings. The van der Waals surface area contributed by atoms with Crippen molar-refractivity contribution < 1.29 is 22.4 Å². The Morgan fingerprint density at radius 3 is 2.37 bits per heavy atom. The number of nitrogens with one attached hydrogen (secondary N) is 2. The molecule has 0 saturated carbocycles. The molecule has 2 amide bonds. The fourth-order valence-corrected chi connectivity index (χ4v) is 4.09. The first-order valence-electron chi connectivity index (χ1n) is 8.13. The highest BCUT2D eigenvalue weighted by Gasteiger charge is 2.33. The molecule has 0 spiro atoms. The summed E-state index contributed by atoms with van der Waals surface area (Å²) in [5.74, 6) is -1.77. The van der Waals surface area contributed by atoms with Gasteiger partial charge in [-0.05, 0) is 36.3 Å². The second kappa shape index (κ2) is 7.67. The predicted octanol–water partition coefficient (Wildman–Crippen LogP) is 1.29. The van der Waals surface area contributed by atoms with Crippen molar-refractivity contribution in [1.29, 1.82) is 0 Å². The quantitative estimate of drug-likeness (QED) is 0.572. The first kappa shape index (κ1) is 18.7. The van der Waals surface area contributed by atoms with Crippen LogP contribution in [0, 0.1) is 5.95 Å². The van der Waals surface area contributed by atoms with Crippen molar-refractivity contribution in [2.75, 3.05) is 13.1 Å². The first-order chi connectivity index (χ1) is 12.9. The Kier molecular flexibility index (Phi) is 5.31. The molecule has 0 bridgehead atoms. The summed E-state index contributed by atoms with van der Waals surface area (Å²) in [5.41, 5.74) is 0.711. The van der Waals surface area contributed by atoms with Crippen LogP contribution < -0.4 is 10.6 Å². The smallest absolute Gasteiger partial charge is 0.263 e. The van der Waals surface area contributed by atoms with E-state index in [0.29, 0.717) is 12.0 Å². The zero-order valence-electron chi connectivity index (χ0n) is 14.1. The van der Waals surface area contributed by atoms with Crippen molar-refractivity contribution in [2.24, 2.45) is 0 Å². The molecule has 1 aliphatic heterocycles. The summed E-state index contributed by atoms with van der Waals surface area (Å²) in [6.07, 6.45) is 2.87. The predicted molar refractivity (Wildman–Crippen MR) is 95.8 cm³/mol. The summed E-state index contributed by atoms with van der Waals surface area (Å²) in [6.45, 7) is 0.437. The maximum atomic E-state index is 12.7. The van der Waals surface area contributed by atoms with Crippen LogP contribution in [0.1, 0.15) is 22.3 Å². The molecule has 1 aromatic heterocycles. The minimum Gasteiger partial charge on any atom is -0.352 e. The molecule has 27 heavy (non-hydrogen) atoms. The Hall–Kier alpha value is -3.07. The van der Waals surface area contributed by atoms with Gasteiger partial charge in [-0.2, -0.15) is 4.39 Å². The third kappa shape index (κ3) is 4.03. The molecule has 2 aromatic rings. The zero-order chi connectivity index (χ0) is 19.4. The van der Waals surface area contributed by atoms with Crippen molar-refractivity contribution in [3.63, 3.8) is 0 Å². The van der Waals surface area contributed by atoms with Gasteiger partial charge >= 0.3 is 0 Å². The molecule has 2 N–H and O–H groups in total. The van der Waals surface area contributed by atoms with Crippen LogP contribution in [0.25, 0.3) is 6.08 Å². The van der Waals surface area contributed by atoms with Crippen LogP contribution in [-0.2, 0) is 14.6 Å². The molecule has 7 nitrogen and oxygen atoms in total. The van der Waals surface area contributed by atoms with Gasteiger partial charge in [-0.3, -0.25) is 9.59 Å². The Balaban J connectivity index is 1.47. The Morgan fingerprint density at radius 2 is 1.70 bits per heavy atom. The summed E-state index contributed by atoms with van der Waals surface area (Å²) in [6, 6.07) is 8.79. The van der Waals surface area contributed by atoms with Gasteiger partial charge in [-0.25, -0.2) is 13.4 Å². The van der Waals surface area contributed by atoms with Gasteiger partial charge in [-0.1, -0.05) is 18.2 Å². The maximum Gasteiger partial charge on any atom is 0.263 e. The number of halogens is 1. The molecular weight excluding hydrogens is 373 g/mol. The highest BCUT2D eigenvalue weighted by atomic mass is 32.2. The van der Waals surface area contributed by atoms with Crippen molar-refractivity contribution >= 4 is 27.7 Å². The van der Waals surface area contributed by atoms with E-state index >= 15 is 0 Å². The number of carbonyl (C=O) groups is 2. The van der Waals surface area contributed by atoms with Gasteiger partial charge in [0.1, 0.15) is 4.91 Å². The molecule has 0 radical (unpaired) electrons. The van der Waals surface area contributed by atoms with Crippen LogP contribution in [0.2, 0.25) is 0 Å². The fourth-order valence-electron chi connectivity index (χ4n) is 2.56. The molecular formula is C18H16FN3O4S. The number of hydrogen-bond acceptors (Lipinski definition) is 5. The summed E-state index contributed by atoms with van der Waals surface area (Å²) in [4.78, 5) is 27.2. The van der Waals surface area contributed by atoms with E-state index in [2.05, 4.69) is 15.6 Å². The van der Waals surface area contributed by atoms with E-state index in [1.807, 2.05) is 0 Å². The molecule has 0 saturated heterocycles. The second-order valence-corrected chi connectivity index (χ2v) is 7.67. The number of aromatic nitrogens is 1. The Morgan fingerprint density at radius 1 is 1.00 bits per heavy atom. The van der Waals surface area contributed by atoms with Crippen LogP contribution >= 0.6 is 0 Å². The van der Waals surface area contributed by atoms with E-state index < -0.39 is 27.6 Å². The van der Waals surface area contributed by atoms with E-state index in [-0.39, 0.29) is 28.5 Å². The SMILES string of the molecule is O=C(NCCCNC(=O)c1ccc(F)nc1)C1=Cc2ccccc2S1(=O)=O. The average molecular weight is 389 g/mol. The minimum atomic E-state index is -3.80. The molecule has 3 rings (SSSR count). The van der Waals surface area contributed by atoms with E-state index in [0.717, 1.165) is 12.3 Å². The van der Waals surface area contributed by atoms with Crippen LogP contribution in [0.3, 0.4) is 0 Å². The molecule has 0 fully saturated rings. The number of amides is 2. The lowest BCUT2D eigenvalue weighted by atomic mass is 10.2. The average Bonchev–Trinajstić information content (AvgIpc) is 2.93. The third-order valence-electron chi connectivity index (χ3n) is 3.92. The molecule has 2 heterocycles. The number of fused-ring (bicyclic) bond motifs is 1. The highest BCUT2D eigenvalue weighted by Crippen LogP contribution is 2.32. The van der Waals surface area contributed by atoms with Gasteiger partial charge in [0.15, 0.2) is 0 Å². The van der Waals surface area contributed by atoms with Crippen molar-refractivity contribution in [1.82, 2.24) is 15.6 Å². The molecule has 1 aromatic carbocycles. The van der Waals surface area contributed by atoms with Gasteiger partial charge in [-0.15, -0.1) is 0 Å². The zero-order valence-corrected chi connectivity index (χ0v) is 14.9. The monoisotopic (exact) mass is 389 g/mol. The lowest BCUT2D eigenvalue weighted by Crippen LogP contribution is -2.31. The number of pyridine rings is 1. The summed E-state index contributed by atoms with van der Waals surface area (Å²) in [7, 11) is -3.80. The topological polar surface area (TPSA) is 105 Å². The lowest BCUT2D eigenvalue weighted by molar-refractivity contribution is -0.116. The molecule has 0 unspecified atom stereocenters. The molecule has 0 aliphatic carbocycles. The lowest BCUT2D eigenvalue weighted by Gasteiger charge is -2.07. The number of hydrogen-bond donors (Lipinski definition) is 2. The Labute approximate surface area is 155 Å². The highest BCUT2D eigenvalue weighted by molar-refractivity contribution is 7.96. The maximum absolute atomic E-state index is 12.7. The number of sulfone groups is 1. The molecule has 9 heteroatoms. The van der Waals surface area contributed by atoms with Crippen LogP contribution in [0.4, 0.5) is 4.39 Å².